The third-order valence-electron chi connectivity index (χ3n) is 3.61. The molecule has 2 rings (SSSR count). The minimum absolute atomic E-state index is 0.512. The highest BCUT2D eigenvalue weighted by Crippen LogP contribution is 2.29. The monoisotopic (exact) mass is 345 g/mol. The van der Waals surface area contributed by atoms with E-state index in [9.17, 15) is 0 Å². The van der Waals surface area contributed by atoms with Crippen molar-refractivity contribution < 1.29 is 4.74 Å². The summed E-state index contributed by atoms with van der Waals surface area (Å²) in [4.78, 5) is 1.45. The van der Waals surface area contributed by atoms with Crippen LogP contribution in [0.25, 0.3) is 0 Å². The molecule has 108 valence electrons. The molecule has 2 nitrogen and oxygen atoms in total. The molecule has 1 saturated heterocycles. The van der Waals surface area contributed by atoms with Crippen LogP contribution in [0.5, 0.6) is 0 Å². The summed E-state index contributed by atoms with van der Waals surface area (Å²) in [7, 11) is 0. The van der Waals surface area contributed by atoms with E-state index in [1.807, 2.05) is 11.3 Å². The largest absolute Gasteiger partial charge is 0.378 e. The van der Waals surface area contributed by atoms with Gasteiger partial charge in [0, 0.05) is 27.4 Å². The summed E-state index contributed by atoms with van der Waals surface area (Å²) < 4.78 is 6.90. The van der Waals surface area contributed by atoms with Gasteiger partial charge in [-0.25, -0.2) is 0 Å². The second kappa shape index (κ2) is 8.40. The smallest absolute Gasteiger partial charge is 0.0576 e. The van der Waals surface area contributed by atoms with Gasteiger partial charge in [-0.15, -0.1) is 11.3 Å². The molecule has 0 radical (unpaired) electrons. The number of thiophene rings is 1. The maximum absolute atomic E-state index is 5.70. The molecule has 1 aliphatic heterocycles. The van der Waals surface area contributed by atoms with Crippen LogP contribution in [-0.2, 0) is 4.74 Å². The number of hydrogen-bond acceptors (Lipinski definition) is 3. The van der Waals surface area contributed by atoms with Crippen LogP contribution in [0.1, 0.15) is 56.4 Å². The van der Waals surface area contributed by atoms with Crippen molar-refractivity contribution in [2.45, 2.75) is 57.6 Å². The van der Waals surface area contributed by atoms with Crippen molar-refractivity contribution in [2.24, 2.45) is 0 Å². The lowest BCUT2D eigenvalue weighted by Gasteiger charge is -2.18. The molecule has 0 saturated carbocycles. The Morgan fingerprint density at radius 1 is 1.58 bits per heavy atom. The van der Waals surface area contributed by atoms with Gasteiger partial charge in [-0.05, 0) is 67.1 Å². The molecule has 2 heterocycles. The molecule has 1 N–H and O–H groups in total. The first-order valence-electron chi connectivity index (χ1n) is 7.38. The third-order valence-corrected chi connectivity index (χ3v) is 5.42. The summed E-state index contributed by atoms with van der Waals surface area (Å²) >= 11 is 5.40. The van der Waals surface area contributed by atoms with E-state index in [1.54, 1.807) is 0 Å². The van der Waals surface area contributed by atoms with Crippen molar-refractivity contribution in [3.63, 3.8) is 0 Å². The number of ether oxygens (including phenoxy) is 1. The molecule has 19 heavy (non-hydrogen) atoms. The molecule has 0 amide bonds. The lowest BCUT2D eigenvalue weighted by atomic mass is 10.0. The first-order valence-corrected chi connectivity index (χ1v) is 9.05. The zero-order valence-corrected chi connectivity index (χ0v) is 14.1. The molecule has 2 unspecified atom stereocenters. The Balaban J connectivity index is 1.79. The highest BCUT2D eigenvalue weighted by atomic mass is 79.9. The summed E-state index contributed by atoms with van der Waals surface area (Å²) in [5.41, 5.74) is 0. The Labute approximate surface area is 129 Å². The van der Waals surface area contributed by atoms with E-state index in [0.29, 0.717) is 12.1 Å². The summed E-state index contributed by atoms with van der Waals surface area (Å²) in [5.74, 6) is 0. The lowest BCUT2D eigenvalue weighted by molar-refractivity contribution is 0.101. The van der Waals surface area contributed by atoms with E-state index in [0.717, 1.165) is 13.2 Å². The zero-order chi connectivity index (χ0) is 13.5. The molecular weight excluding hydrogens is 322 g/mol. The highest BCUT2D eigenvalue weighted by molar-refractivity contribution is 9.10. The Morgan fingerprint density at radius 3 is 3.11 bits per heavy atom. The summed E-state index contributed by atoms with van der Waals surface area (Å²) in [6.45, 7) is 4.29. The minimum Gasteiger partial charge on any atom is -0.378 e. The van der Waals surface area contributed by atoms with Gasteiger partial charge in [-0.1, -0.05) is 6.92 Å². The van der Waals surface area contributed by atoms with Gasteiger partial charge in [-0.2, -0.15) is 0 Å². The van der Waals surface area contributed by atoms with Crippen LogP contribution in [0.4, 0.5) is 0 Å². The fraction of sp³-hybridized carbons (Fsp3) is 0.733. The molecule has 0 aromatic carbocycles. The number of rotatable bonds is 8. The fourth-order valence-corrected chi connectivity index (χ4v) is 4.15. The van der Waals surface area contributed by atoms with Crippen molar-refractivity contribution in [2.75, 3.05) is 13.2 Å². The van der Waals surface area contributed by atoms with Crippen molar-refractivity contribution in [1.29, 1.82) is 0 Å². The molecule has 0 aliphatic carbocycles. The SMILES string of the molecule is CCCNC(CCCC1CCCO1)c1cc(Br)cs1. The Morgan fingerprint density at radius 2 is 2.47 bits per heavy atom. The molecular formula is C15H24BrNOS. The number of nitrogens with one attached hydrogen (secondary N) is 1. The molecule has 1 fully saturated rings. The average molecular weight is 346 g/mol. The lowest BCUT2D eigenvalue weighted by Crippen LogP contribution is -2.21. The van der Waals surface area contributed by atoms with E-state index in [1.165, 1.54) is 47.9 Å². The quantitative estimate of drug-likeness (QED) is 0.723. The fourth-order valence-electron chi connectivity index (χ4n) is 2.60. The first kappa shape index (κ1) is 15.5. The van der Waals surface area contributed by atoms with Crippen LogP contribution < -0.4 is 5.32 Å². The van der Waals surface area contributed by atoms with Gasteiger partial charge in [0.25, 0.3) is 0 Å². The first-order chi connectivity index (χ1) is 9.29. The molecule has 2 atom stereocenters. The molecule has 1 aliphatic rings. The number of hydrogen-bond donors (Lipinski definition) is 1. The molecule has 1 aromatic heterocycles. The normalized spacial score (nSPS) is 20.8. The van der Waals surface area contributed by atoms with E-state index in [-0.39, 0.29) is 0 Å². The Hall–Kier alpha value is 0.1000. The Bertz CT molecular complexity index is 363. The van der Waals surface area contributed by atoms with Gasteiger partial charge in [0.05, 0.1) is 6.10 Å². The highest BCUT2D eigenvalue weighted by Gasteiger charge is 2.17. The maximum Gasteiger partial charge on any atom is 0.0576 e. The Kier molecular flexibility index (Phi) is 6.85. The van der Waals surface area contributed by atoms with Crippen LogP contribution in [0.3, 0.4) is 0 Å². The van der Waals surface area contributed by atoms with Gasteiger partial charge in [0.2, 0.25) is 0 Å². The van der Waals surface area contributed by atoms with Crippen molar-refractivity contribution in [1.82, 2.24) is 5.32 Å². The zero-order valence-electron chi connectivity index (χ0n) is 11.7. The van der Waals surface area contributed by atoms with E-state index < -0.39 is 0 Å². The topological polar surface area (TPSA) is 21.3 Å². The number of halogens is 1. The standard InChI is InChI=1S/C15H24BrNOS/c1-2-8-17-14(15-10-12(16)11-19-15)7-3-5-13-6-4-9-18-13/h10-11,13-14,17H,2-9H2,1H3. The van der Waals surface area contributed by atoms with E-state index in [2.05, 4.69) is 39.6 Å². The van der Waals surface area contributed by atoms with Crippen LogP contribution in [0.2, 0.25) is 0 Å². The molecule has 0 spiro atoms. The minimum atomic E-state index is 0.512. The average Bonchev–Trinajstić information content (AvgIpc) is 3.05. The van der Waals surface area contributed by atoms with Gasteiger partial charge >= 0.3 is 0 Å². The summed E-state index contributed by atoms with van der Waals surface area (Å²) in [6, 6.07) is 2.77. The van der Waals surface area contributed by atoms with E-state index >= 15 is 0 Å². The van der Waals surface area contributed by atoms with Gasteiger partial charge in [0.1, 0.15) is 0 Å². The molecule has 0 bridgehead atoms. The van der Waals surface area contributed by atoms with Crippen molar-refractivity contribution >= 4 is 27.3 Å². The van der Waals surface area contributed by atoms with Gasteiger partial charge in [0.15, 0.2) is 0 Å². The van der Waals surface area contributed by atoms with Crippen LogP contribution in [-0.4, -0.2) is 19.3 Å². The third kappa shape index (κ3) is 5.18. The van der Waals surface area contributed by atoms with Crippen molar-refractivity contribution in [3.05, 3.63) is 20.8 Å². The summed E-state index contributed by atoms with van der Waals surface area (Å²) in [5, 5.41) is 5.85. The van der Waals surface area contributed by atoms with Crippen LogP contribution >= 0.6 is 27.3 Å². The van der Waals surface area contributed by atoms with E-state index in [4.69, 9.17) is 4.74 Å². The maximum atomic E-state index is 5.70. The van der Waals surface area contributed by atoms with Gasteiger partial charge in [-0.3, -0.25) is 0 Å². The van der Waals surface area contributed by atoms with Crippen molar-refractivity contribution in [3.8, 4) is 0 Å². The predicted molar refractivity (Wildman–Crippen MR) is 85.9 cm³/mol. The van der Waals surface area contributed by atoms with Gasteiger partial charge < -0.3 is 10.1 Å². The van der Waals surface area contributed by atoms with Crippen LogP contribution in [0.15, 0.2) is 15.9 Å². The van der Waals surface area contributed by atoms with Crippen LogP contribution in [0, 0.1) is 0 Å². The summed E-state index contributed by atoms with van der Waals surface area (Å²) in [6.07, 6.45) is 7.92. The molecule has 1 aromatic rings. The second-order valence-electron chi connectivity index (χ2n) is 5.24. The predicted octanol–water partition coefficient (Wildman–Crippen LogP) is 4.90. The molecule has 4 heteroatoms. The second-order valence-corrected chi connectivity index (χ2v) is 7.10.